The lowest BCUT2D eigenvalue weighted by molar-refractivity contribution is -0.144. The molecule has 1 fully saturated rings. The van der Waals surface area contributed by atoms with E-state index in [1.807, 2.05) is 4.90 Å². The highest BCUT2D eigenvalue weighted by molar-refractivity contribution is 6.30. The number of carboxylic acid groups (broad SMARTS) is 2. The summed E-state index contributed by atoms with van der Waals surface area (Å²) in [5.74, 6) is -1.49. The van der Waals surface area contributed by atoms with E-state index in [1.165, 1.54) is 0 Å². The molecular weight excluding hydrogens is 310 g/mol. The lowest BCUT2D eigenvalue weighted by Crippen LogP contribution is -2.44. The Morgan fingerprint density at radius 2 is 2.09 bits per heavy atom. The molecule has 1 aromatic rings. The first kappa shape index (κ1) is 16.6. The summed E-state index contributed by atoms with van der Waals surface area (Å²) in [6, 6.07) is 4.39. The smallest absolute Gasteiger partial charge is 0.341 e. The van der Waals surface area contributed by atoms with Crippen LogP contribution < -0.4 is 4.74 Å². The molecule has 1 aliphatic heterocycles. The summed E-state index contributed by atoms with van der Waals surface area (Å²) in [4.78, 5) is 23.9. The Hall–Kier alpha value is -1.79. The standard InChI is InChI=1S/C15H18ClNO5/c16-11-4-5-13(22-9-14(18)19)10(7-11)8-17-6-2-1-3-12(17)15(20)21/h4-5,7,12H,1-3,6,8-9H2,(H,18,19)(H,20,21)/t12-/m0/s1. The highest BCUT2D eigenvalue weighted by Crippen LogP contribution is 2.27. The van der Waals surface area contributed by atoms with E-state index in [0.717, 1.165) is 12.8 Å². The lowest BCUT2D eigenvalue weighted by Gasteiger charge is -2.33. The van der Waals surface area contributed by atoms with Crippen molar-refractivity contribution < 1.29 is 24.5 Å². The molecule has 1 atom stereocenters. The Morgan fingerprint density at radius 3 is 2.77 bits per heavy atom. The molecule has 0 aromatic heterocycles. The fourth-order valence-electron chi connectivity index (χ4n) is 2.63. The Bertz CT molecular complexity index is 563. The second-order valence-electron chi connectivity index (χ2n) is 5.25. The number of nitrogens with zero attached hydrogens (tertiary/aromatic N) is 1. The highest BCUT2D eigenvalue weighted by Gasteiger charge is 2.29. The van der Waals surface area contributed by atoms with Crippen molar-refractivity contribution in [2.24, 2.45) is 0 Å². The van der Waals surface area contributed by atoms with Gasteiger partial charge >= 0.3 is 11.9 Å². The van der Waals surface area contributed by atoms with Gasteiger partial charge in [0, 0.05) is 17.1 Å². The summed E-state index contributed by atoms with van der Waals surface area (Å²) >= 11 is 5.99. The summed E-state index contributed by atoms with van der Waals surface area (Å²) in [7, 11) is 0. The zero-order valence-corrected chi connectivity index (χ0v) is 12.8. The molecule has 0 aliphatic carbocycles. The van der Waals surface area contributed by atoms with E-state index >= 15 is 0 Å². The molecule has 1 aliphatic rings. The number of carbonyl (C=O) groups is 2. The fraction of sp³-hybridized carbons (Fsp3) is 0.467. The minimum Gasteiger partial charge on any atom is -0.482 e. The van der Waals surface area contributed by atoms with E-state index in [4.69, 9.17) is 21.4 Å². The van der Waals surface area contributed by atoms with Crippen molar-refractivity contribution in [1.82, 2.24) is 4.90 Å². The molecule has 0 spiro atoms. The first-order chi connectivity index (χ1) is 10.5. The molecule has 22 heavy (non-hydrogen) atoms. The van der Waals surface area contributed by atoms with Crippen molar-refractivity contribution in [2.75, 3.05) is 13.2 Å². The summed E-state index contributed by atoms with van der Waals surface area (Å²) < 4.78 is 5.26. The highest BCUT2D eigenvalue weighted by atomic mass is 35.5. The van der Waals surface area contributed by atoms with Gasteiger partial charge in [0.2, 0.25) is 0 Å². The number of carboxylic acids is 2. The van der Waals surface area contributed by atoms with Crippen LogP contribution in [-0.2, 0) is 16.1 Å². The van der Waals surface area contributed by atoms with Crippen LogP contribution in [0.5, 0.6) is 5.75 Å². The predicted molar refractivity (Wildman–Crippen MR) is 80.3 cm³/mol. The maximum Gasteiger partial charge on any atom is 0.341 e. The van der Waals surface area contributed by atoms with Gasteiger partial charge in [0.05, 0.1) is 0 Å². The van der Waals surface area contributed by atoms with Crippen molar-refractivity contribution in [3.05, 3.63) is 28.8 Å². The van der Waals surface area contributed by atoms with Crippen molar-refractivity contribution in [3.8, 4) is 5.75 Å². The van der Waals surface area contributed by atoms with E-state index in [-0.39, 0.29) is 0 Å². The zero-order valence-electron chi connectivity index (χ0n) is 12.0. The van der Waals surface area contributed by atoms with Crippen LogP contribution >= 0.6 is 11.6 Å². The van der Waals surface area contributed by atoms with E-state index in [9.17, 15) is 14.7 Å². The maximum absolute atomic E-state index is 11.3. The van der Waals surface area contributed by atoms with Gasteiger partial charge in [-0.3, -0.25) is 9.69 Å². The van der Waals surface area contributed by atoms with Crippen molar-refractivity contribution >= 4 is 23.5 Å². The molecule has 120 valence electrons. The summed E-state index contributed by atoms with van der Waals surface area (Å²) in [5.41, 5.74) is 0.696. The van der Waals surface area contributed by atoms with Crippen LogP contribution in [0.2, 0.25) is 5.02 Å². The molecule has 1 heterocycles. The Labute approximate surface area is 133 Å². The number of likely N-dealkylation sites (tertiary alicyclic amines) is 1. The number of benzene rings is 1. The molecule has 1 aromatic carbocycles. The molecular formula is C15H18ClNO5. The van der Waals surface area contributed by atoms with E-state index in [0.29, 0.717) is 35.8 Å². The van der Waals surface area contributed by atoms with Crippen LogP contribution in [0.15, 0.2) is 18.2 Å². The minimum absolute atomic E-state index is 0.368. The third-order valence-corrected chi connectivity index (χ3v) is 3.88. The second kappa shape index (κ2) is 7.47. The van der Waals surface area contributed by atoms with Crippen molar-refractivity contribution in [2.45, 2.75) is 31.8 Å². The molecule has 6 nitrogen and oxygen atoms in total. The van der Waals surface area contributed by atoms with Gasteiger partial charge in [0.1, 0.15) is 11.8 Å². The van der Waals surface area contributed by atoms with Gasteiger partial charge < -0.3 is 14.9 Å². The predicted octanol–water partition coefficient (Wildman–Crippen LogP) is 2.24. The average molecular weight is 328 g/mol. The maximum atomic E-state index is 11.3. The van der Waals surface area contributed by atoms with E-state index < -0.39 is 24.6 Å². The third kappa shape index (κ3) is 4.35. The zero-order chi connectivity index (χ0) is 16.1. The monoisotopic (exact) mass is 327 g/mol. The fourth-order valence-corrected chi connectivity index (χ4v) is 2.83. The van der Waals surface area contributed by atoms with Gasteiger partial charge in [-0.15, -0.1) is 0 Å². The van der Waals surface area contributed by atoms with Gasteiger partial charge in [-0.2, -0.15) is 0 Å². The Morgan fingerprint density at radius 1 is 1.32 bits per heavy atom. The number of halogens is 1. The number of aliphatic carboxylic acids is 2. The number of piperidine rings is 1. The van der Waals surface area contributed by atoms with Crippen LogP contribution in [0.25, 0.3) is 0 Å². The van der Waals surface area contributed by atoms with Crippen LogP contribution in [0, 0.1) is 0 Å². The molecule has 0 amide bonds. The minimum atomic E-state index is -1.07. The van der Waals surface area contributed by atoms with Crippen LogP contribution in [-0.4, -0.2) is 46.2 Å². The molecule has 0 unspecified atom stereocenters. The topological polar surface area (TPSA) is 87.1 Å². The van der Waals surface area contributed by atoms with Crippen molar-refractivity contribution in [1.29, 1.82) is 0 Å². The molecule has 0 bridgehead atoms. The number of ether oxygens (including phenoxy) is 1. The lowest BCUT2D eigenvalue weighted by atomic mass is 10.0. The summed E-state index contributed by atoms with van der Waals surface area (Å²) in [6.07, 6.45) is 2.45. The summed E-state index contributed by atoms with van der Waals surface area (Å²) in [6.45, 7) is 0.603. The SMILES string of the molecule is O=C(O)COc1ccc(Cl)cc1CN1CCCC[C@H]1C(=O)O. The third-order valence-electron chi connectivity index (χ3n) is 3.65. The Kier molecular flexibility index (Phi) is 5.63. The van der Waals surface area contributed by atoms with Crippen LogP contribution in [0.4, 0.5) is 0 Å². The van der Waals surface area contributed by atoms with Crippen LogP contribution in [0.1, 0.15) is 24.8 Å². The van der Waals surface area contributed by atoms with E-state index in [1.54, 1.807) is 18.2 Å². The molecule has 2 N–H and O–H groups in total. The van der Waals surface area contributed by atoms with E-state index in [2.05, 4.69) is 0 Å². The van der Waals surface area contributed by atoms with Crippen LogP contribution in [0.3, 0.4) is 0 Å². The second-order valence-corrected chi connectivity index (χ2v) is 5.69. The summed E-state index contributed by atoms with van der Waals surface area (Å²) in [5, 5.41) is 18.5. The van der Waals surface area contributed by atoms with Gasteiger partial charge in [0.15, 0.2) is 6.61 Å². The number of hydrogen-bond donors (Lipinski definition) is 2. The van der Waals surface area contributed by atoms with Crippen molar-refractivity contribution in [3.63, 3.8) is 0 Å². The molecule has 1 saturated heterocycles. The van der Waals surface area contributed by atoms with Gasteiger partial charge in [-0.05, 0) is 37.6 Å². The van der Waals surface area contributed by atoms with Gasteiger partial charge in [-0.1, -0.05) is 18.0 Å². The van der Waals surface area contributed by atoms with Gasteiger partial charge in [0.25, 0.3) is 0 Å². The molecule has 0 radical (unpaired) electrons. The molecule has 7 heteroatoms. The van der Waals surface area contributed by atoms with Gasteiger partial charge in [-0.25, -0.2) is 4.79 Å². The Balaban J connectivity index is 2.17. The first-order valence-corrected chi connectivity index (χ1v) is 7.45. The first-order valence-electron chi connectivity index (χ1n) is 7.07. The largest absolute Gasteiger partial charge is 0.482 e. The molecule has 0 saturated carbocycles. The normalized spacial score (nSPS) is 18.9. The number of rotatable bonds is 6. The number of hydrogen-bond acceptors (Lipinski definition) is 4. The molecule has 2 rings (SSSR count). The quantitative estimate of drug-likeness (QED) is 0.833. The average Bonchev–Trinajstić information content (AvgIpc) is 2.46.